The fourth-order valence-corrected chi connectivity index (χ4v) is 2.30. The number of phenols is 1. The van der Waals surface area contributed by atoms with Gasteiger partial charge in [0, 0.05) is 11.6 Å². The van der Waals surface area contributed by atoms with E-state index < -0.39 is 0 Å². The Kier molecular flexibility index (Phi) is 5.94. The van der Waals surface area contributed by atoms with E-state index in [9.17, 15) is 14.7 Å². The quantitative estimate of drug-likeness (QED) is 0.421. The lowest BCUT2D eigenvalue weighted by molar-refractivity contribution is -0.141. The maximum Gasteiger partial charge on any atom is 0.306 e. The van der Waals surface area contributed by atoms with Crippen molar-refractivity contribution >= 4 is 23.3 Å². The Balaban J connectivity index is 1.94. The molecule has 4 N–H and O–H groups in total. The van der Waals surface area contributed by atoms with Crippen molar-refractivity contribution in [2.24, 2.45) is 0 Å². The number of aromatic hydroxyl groups is 1. The number of hydrogen-bond acceptors (Lipinski definition) is 6. The third-order valence-electron chi connectivity index (χ3n) is 3.74. The molecule has 1 aromatic heterocycles. The van der Waals surface area contributed by atoms with Gasteiger partial charge in [0.1, 0.15) is 5.75 Å². The molecule has 0 aliphatic rings. The number of carbonyl (C=O) groups excluding carboxylic acids is 2. The fraction of sp³-hybridized carbons (Fsp3) is 0.278. The predicted molar refractivity (Wildman–Crippen MR) is 94.1 cm³/mol. The second-order valence-corrected chi connectivity index (χ2v) is 5.77. The molecule has 1 unspecified atom stereocenters. The van der Waals surface area contributed by atoms with Crippen LogP contribution in [0.4, 0.5) is 11.4 Å². The van der Waals surface area contributed by atoms with Gasteiger partial charge < -0.3 is 20.9 Å². The minimum absolute atomic E-state index is 0.0455. The number of nitrogens with zero attached hydrogens (tertiary/aromatic N) is 1. The summed E-state index contributed by atoms with van der Waals surface area (Å²) in [7, 11) is 1.35. The van der Waals surface area contributed by atoms with Gasteiger partial charge in [-0.1, -0.05) is 13.0 Å². The number of phenolic OH excluding ortho intramolecular Hbond substituents is 1. The summed E-state index contributed by atoms with van der Waals surface area (Å²) in [5.74, 6) is -0.648. The number of anilines is 2. The highest BCUT2D eigenvalue weighted by Crippen LogP contribution is 2.21. The highest BCUT2D eigenvalue weighted by atomic mass is 16.5. The summed E-state index contributed by atoms with van der Waals surface area (Å²) in [6, 6.07) is 8.19. The molecule has 25 heavy (non-hydrogen) atoms. The van der Waals surface area contributed by atoms with E-state index >= 15 is 0 Å². The molecule has 0 bridgehead atoms. The number of esters is 1. The standard InChI is InChI=1S/C18H21N3O4/c1-11(7-18(24)25-2)15-6-4-13(10-20-15)21-17(23)9-12-3-5-14(19)16(22)8-12/h3-6,8,10-11,22H,7,9,19H2,1-2H3,(H,21,23). The largest absolute Gasteiger partial charge is 0.506 e. The van der Waals surface area contributed by atoms with Gasteiger partial charge in [0.25, 0.3) is 0 Å². The SMILES string of the molecule is COC(=O)CC(C)c1ccc(NC(=O)Cc2ccc(N)c(O)c2)cn1. The third kappa shape index (κ3) is 5.20. The lowest BCUT2D eigenvalue weighted by atomic mass is 10.0. The topological polar surface area (TPSA) is 115 Å². The van der Waals surface area contributed by atoms with Gasteiger partial charge in [0.05, 0.1) is 37.5 Å². The molecule has 7 heteroatoms. The molecule has 0 spiro atoms. The van der Waals surface area contributed by atoms with Gasteiger partial charge >= 0.3 is 5.97 Å². The van der Waals surface area contributed by atoms with E-state index in [2.05, 4.69) is 15.0 Å². The van der Waals surface area contributed by atoms with Crippen molar-refractivity contribution < 1.29 is 19.4 Å². The number of nitrogens with one attached hydrogen (secondary N) is 1. The van der Waals surface area contributed by atoms with Crippen LogP contribution in [0.3, 0.4) is 0 Å². The van der Waals surface area contributed by atoms with Gasteiger partial charge in [-0.3, -0.25) is 14.6 Å². The van der Waals surface area contributed by atoms with Crippen LogP contribution < -0.4 is 11.1 Å². The molecule has 7 nitrogen and oxygen atoms in total. The molecule has 132 valence electrons. The first kappa shape index (κ1) is 18.3. The monoisotopic (exact) mass is 343 g/mol. The van der Waals surface area contributed by atoms with Crippen molar-refractivity contribution in [3.63, 3.8) is 0 Å². The van der Waals surface area contributed by atoms with Crippen molar-refractivity contribution in [1.82, 2.24) is 4.98 Å². The second-order valence-electron chi connectivity index (χ2n) is 5.77. The lowest BCUT2D eigenvalue weighted by Crippen LogP contribution is -2.15. The molecule has 1 aromatic carbocycles. The first-order valence-corrected chi connectivity index (χ1v) is 7.79. The van der Waals surface area contributed by atoms with Gasteiger partial charge in [-0.25, -0.2) is 0 Å². The predicted octanol–water partition coefficient (Wildman–Crippen LogP) is 2.22. The zero-order valence-electron chi connectivity index (χ0n) is 14.2. The molecule has 0 aliphatic heterocycles. The van der Waals surface area contributed by atoms with E-state index in [-0.39, 0.29) is 42.1 Å². The highest BCUT2D eigenvalue weighted by molar-refractivity contribution is 5.92. The second kappa shape index (κ2) is 8.14. The molecular formula is C18H21N3O4. The van der Waals surface area contributed by atoms with Gasteiger partial charge in [-0.2, -0.15) is 0 Å². The Bertz CT molecular complexity index is 759. The van der Waals surface area contributed by atoms with Gasteiger partial charge in [0.15, 0.2) is 0 Å². The van der Waals surface area contributed by atoms with E-state index in [1.165, 1.54) is 13.2 Å². The molecule has 2 rings (SSSR count). The van der Waals surface area contributed by atoms with Gasteiger partial charge in [-0.15, -0.1) is 0 Å². The third-order valence-corrected chi connectivity index (χ3v) is 3.74. The Morgan fingerprint density at radius 1 is 1.32 bits per heavy atom. The lowest BCUT2D eigenvalue weighted by Gasteiger charge is -2.11. The smallest absolute Gasteiger partial charge is 0.306 e. The average Bonchev–Trinajstić information content (AvgIpc) is 2.58. The van der Waals surface area contributed by atoms with Crippen LogP contribution in [0, 0.1) is 0 Å². The average molecular weight is 343 g/mol. The molecule has 1 amide bonds. The van der Waals surface area contributed by atoms with Crippen LogP contribution >= 0.6 is 0 Å². The van der Waals surface area contributed by atoms with Crippen LogP contribution in [-0.4, -0.2) is 29.1 Å². The van der Waals surface area contributed by atoms with Crippen LogP contribution in [0.25, 0.3) is 0 Å². The number of benzene rings is 1. The zero-order valence-corrected chi connectivity index (χ0v) is 14.2. The summed E-state index contributed by atoms with van der Waals surface area (Å²) in [5.41, 5.74) is 7.75. The molecule has 0 radical (unpaired) electrons. The van der Waals surface area contributed by atoms with E-state index in [1.54, 1.807) is 30.5 Å². The first-order chi connectivity index (χ1) is 11.9. The summed E-state index contributed by atoms with van der Waals surface area (Å²) in [5, 5.41) is 12.3. The molecule has 0 saturated heterocycles. The normalized spacial score (nSPS) is 11.6. The number of hydrogen-bond donors (Lipinski definition) is 3. The Hall–Kier alpha value is -3.09. The Labute approximate surface area is 145 Å². The summed E-state index contributed by atoms with van der Waals surface area (Å²) < 4.78 is 4.64. The number of carbonyl (C=O) groups is 2. The summed E-state index contributed by atoms with van der Waals surface area (Å²) in [4.78, 5) is 27.6. The zero-order chi connectivity index (χ0) is 18.4. The van der Waals surface area contributed by atoms with Crippen molar-refractivity contribution in [1.29, 1.82) is 0 Å². The number of aromatic nitrogens is 1. The van der Waals surface area contributed by atoms with Crippen molar-refractivity contribution in [2.75, 3.05) is 18.2 Å². The molecular weight excluding hydrogens is 322 g/mol. The maximum atomic E-state index is 12.1. The van der Waals surface area contributed by atoms with Crippen LogP contribution in [0.1, 0.15) is 30.5 Å². The van der Waals surface area contributed by atoms with Crippen LogP contribution in [-0.2, 0) is 20.7 Å². The molecule has 1 heterocycles. The molecule has 1 atom stereocenters. The van der Waals surface area contributed by atoms with Crippen molar-refractivity contribution in [3.05, 3.63) is 47.8 Å². The highest BCUT2D eigenvalue weighted by Gasteiger charge is 2.13. The van der Waals surface area contributed by atoms with E-state index in [0.29, 0.717) is 11.3 Å². The molecule has 0 saturated carbocycles. The van der Waals surface area contributed by atoms with Crippen molar-refractivity contribution in [2.45, 2.75) is 25.7 Å². The summed E-state index contributed by atoms with van der Waals surface area (Å²) >= 11 is 0. The first-order valence-electron chi connectivity index (χ1n) is 7.79. The minimum Gasteiger partial charge on any atom is -0.506 e. The number of nitrogens with two attached hydrogens (primary N) is 1. The van der Waals surface area contributed by atoms with Gasteiger partial charge in [-0.05, 0) is 29.8 Å². The van der Waals surface area contributed by atoms with Gasteiger partial charge in [0.2, 0.25) is 5.91 Å². The van der Waals surface area contributed by atoms with E-state index in [1.807, 2.05) is 6.92 Å². The van der Waals surface area contributed by atoms with E-state index in [4.69, 9.17) is 5.73 Å². The summed E-state index contributed by atoms with van der Waals surface area (Å²) in [6.45, 7) is 1.88. The van der Waals surface area contributed by atoms with Crippen LogP contribution in [0.2, 0.25) is 0 Å². The number of nitrogen functional groups attached to an aromatic ring is 1. The van der Waals surface area contributed by atoms with E-state index in [0.717, 1.165) is 5.69 Å². The Morgan fingerprint density at radius 3 is 2.68 bits per heavy atom. The number of rotatable bonds is 6. The van der Waals surface area contributed by atoms with Crippen molar-refractivity contribution in [3.8, 4) is 5.75 Å². The fourth-order valence-electron chi connectivity index (χ4n) is 2.30. The van der Waals surface area contributed by atoms with Crippen LogP contribution in [0.5, 0.6) is 5.75 Å². The number of pyridine rings is 1. The maximum absolute atomic E-state index is 12.1. The number of methoxy groups -OCH3 is 1. The summed E-state index contributed by atoms with van der Waals surface area (Å²) in [6.07, 6.45) is 1.89. The number of amides is 1. The molecule has 0 fully saturated rings. The molecule has 2 aromatic rings. The minimum atomic E-state index is -0.293. The Morgan fingerprint density at radius 2 is 2.08 bits per heavy atom. The molecule has 0 aliphatic carbocycles. The van der Waals surface area contributed by atoms with Crippen LogP contribution in [0.15, 0.2) is 36.5 Å². The number of ether oxygens (including phenoxy) is 1.